The van der Waals surface area contributed by atoms with E-state index in [1.807, 2.05) is 0 Å². The maximum Gasteiger partial charge on any atom is 0.260 e. The molecular formula is C12H13BrF3NO. The van der Waals surface area contributed by atoms with Gasteiger partial charge < -0.3 is 10.8 Å². The molecule has 0 saturated heterocycles. The molecule has 1 saturated carbocycles. The van der Waals surface area contributed by atoms with Crippen LogP contribution >= 0.6 is 15.9 Å². The van der Waals surface area contributed by atoms with Gasteiger partial charge in [-0.3, -0.25) is 0 Å². The van der Waals surface area contributed by atoms with Crippen molar-refractivity contribution in [2.45, 2.75) is 31.4 Å². The lowest BCUT2D eigenvalue weighted by atomic mass is 9.85. The number of halogens is 4. The maximum atomic E-state index is 14.0. The SMILES string of the molecule is Cc1cc(Br)cc([C@](N)(C(F)F)[C@@H]2C[C@@H]2O)c1F. The Kier molecular flexibility index (Phi) is 3.46. The maximum absolute atomic E-state index is 14.0. The van der Waals surface area contributed by atoms with Gasteiger partial charge in [0.25, 0.3) is 6.43 Å². The minimum Gasteiger partial charge on any atom is -0.393 e. The zero-order chi connectivity index (χ0) is 13.7. The second-order valence-corrected chi connectivity index (χ2v) is 5.64. The Balaban J connectivity index is 2.56. The smallest absolute Gasteiger partial charge is 0.260 e. The largest absolute Gasteiger partial charge is 0.393 e. The van der Waals surface area contributed by atoms with Gasteiger partial charge in [-0.2, -0.15) is 0 Å². The quantitative estimate of drug-likeness (QED) is 0.898. The number of benzene rings is 1. The molecule has 0 heterocycles. The number of aliphatic hydroxyl groups excluding tert-OH is 1. The van der Waals surface area contributed by atoms with E-state index < -0.39 is 29.8 Å². The number of rotatable bonds is 3. The van der Waals surface area contributed by atoms with Crippen LogP contribution in [0, 0.1) is 18.7 Å². The van der Waals surface area contributed by atoms with Crippen LogP contribution in [0.1, 0.15) is 17.5 Å². The Labute approximate surface area is 111 Å². The van der Waals surface area contributed by atoms with Crippen LogP contribution in [-0.4, -0.2) is 17.6 Å². The van der Waals surface area contributed by atoms with Crippen LogP contribution in [0.25, 0.3) is 0 Å². The van der Waals surface area contributed by atoms with Gasteiger partial charge in [0.15, 0.2) is 0 Å². The Morgan fingerprint density at radius 2 is 2.06 bits per heavy atom. The molecule has 100 valence electrons. The summed E-state index contributed by atoms with van der Waals surface area (Å²) in [6.45, 7) is 1.48. The molecule has 1 aliphatic rings. The van der Waals surface area contributed by atoms with Crippen molar-refractivity contribution < 1.29 is 18.3 Å². The van der Waals surface area contributed by atoms with Crippen molar-refractivity contribution >= 4 is 15.9 Å². The third-order valence-corrected chi connectivity index (χ3v) is 3.88. The molecular weight excluding hydrogens is 311 g/mol. The molecule has 18 heavy (non-hydrogen) atoms. The summed E-state index contributed by atoms with van der Waals surface area (Å²) in [5.74, 6) is -1.54. The van der Waals surface area contributed by atoms with E-state index in [2.05, 4.69) is 15.9 Å². The number of nitrogens with two attached hydrogens (primary N) is 1. The zero-order valence-corrected chi connectivity index (χ0v) is 11.2. The summed E-state index contributed by atoms with van der Waals surface area (Å²) in [7, 11) is 0. The van der Waals surface area contributed by atoms with Gasteiger partial charge in [-0.15, -0.1) is 0 Å². The summed E-state index contributed by atoms with van der Waals surface area (Å²) in [6, 6.07) is 2.76. The molecule has 1 aromatic carbocycles. The van der Waals surface area contributed by atoms with Crippen LogP contribution in [0.3, 0.4) is 0 Å². The van der Waals surface area contributed by atoms with Crippen LogP contribution in [0.4, 0.5) is 13.2 Å². The lowest BCUT2D eigenvalue weighted by Gasteiger charge is -2.30. The predicted octanol–water partition coefficient (Wildman–Crippen LogP) is 2.70. The molecule has 1 aromatic rings. The van der Waals surface area contributed by atoms with Gasteiger partial charge in [-0.25, -0.2) is 13.2 Å². The third-order valence-electron chi connectivity index (χ3n) is 3.42. The summed E-state index contributed by atoms with van der Waals surface area (Å²) in [5, 5.41) is 9.35. The molecule has 1 aliphatic carbocycles. The number of aryl methyl sites for hydroxylation is 1. The van der Waals surface area contributed by atoms with Crippen molar-refractivity contribution in [2.75, 3.05) is 0 Å². The monoisotopic (exact) mass is 323 g/mol. The zero-order valence-electron chi connectivity index (χ0n) is 9.63. The molecule has 0 spiro atoms. The van der Waals surface area contributed by atoms with Crippen molar-refractivity contribution in [3.05, 3.63) is 33.5 Å². The van der Waals surface area contributed by atoms with Crippen molar-refractivity contribution in [3.63, 3.8) is 0 Å². The first-order chi connectivity index (χ1) is 8.28. The summed E-state index contributed by atoms with van der Waals surface area (Å²) >= 11 is 3.14. The number of hydrogen-bond acceptors (Lipinski definition) is 2. The Hall–Kier alpha value is -0.590. The van der Waals surface area contributed by atoms with Crippen LogP contribution in [-0.2, 0) is 5.54 Å². The molecule has 0 unspecified atom stereocenters. The van der Waals surface area contributed by atoms with E-state index in [4.69, 9.17) is 5.73 Å². The van der Waals surface area contributed by atoms with Crippen molar-refractivity contribution in [1.29, 1.82) is 0 Å². The van der Waals surface area contributed by atoms with Crippen LogP contribution in [0.2, 0.25) is 0 Å². The van der Waals surface area contributed by atoms with Gasteiger partial charge in [0, 0.05) is 16.0 Å². The number of hydrogen-bond donors (Lipinski definition) is 2. The van der Waals surface area contributed by atoms with Gasteiger partial charge in [-0.1, -0.05) is 15.9 Å². The third kappa shape index (κ3) is 2.06. The van der Waals surface area contributed by atoms with E-state index in [-0.39, 0.29) is 17.5 Å². The van der Waals surface area contributed by atoms with Crippen molar-refractivity contribution in [3.8, 4) is 0 Å². The van der Waals surface area contributed by atoms with Crippen molar-refractivity contribution in [2.24, 2.45) is 11.7 Å². The first kappa shape index (κ1) is 13.8. The molecule has 2 nitrogen and oxygen atoms in total. The molecule has 0 radical (unpaired) electrons. The lowest BCUT2D eigenvalue weighted by Crippen LogP contribution is -2.48. The number of aliphatic hydroxyl groups is 1. The van der Waals surface area contributed by atoms with Crippen LogP contribution in [0.5, 0.6) is 0 Å². The fourth-order valence-corrected chi connectivity index (χ4v) is 2.79. The summed E-state index contributed by atoms with van der Waals surface area (Å²) in [5.41, 5.74) is 3.58. The minimum absolute atomic E-state index is 0.172. The van der Waals surface area contributed by atoms with E-state index in [1.165, 1.54) is 19.1 Å². The highest BCUT2D eigenvalue weighted by molar-refractivity contribution is 9.10. The first-order valence-corrected chi connectivity index (χ1v) is 6.29. The van der Waals surface area contributed by atoms with E-state index >= 15 is 0 Å². The topological polar surface area (TPSA) is 46.2 Å². The van der Waals surface area contributed by atoms with Gasteiger partial charge >= 0.3 is 0 Å². The molecule has 0 bridgehead atoms. The van der Waals surface area contributed by atoms with E-state index in [0.717, 1.165) is 0 Å². The van der Waals surface area contributed by atoms with Gasteiger partial charge in [0.05, 0.1) is 6.10 Å². The minimum atomic E-state index is -2.94. The van der Waals surface area contributed by atoms with Gasteiger partial charge in [0.1, 0.15) is 11.4 Å². The average Bonchev–Trinajstić information content (AvgIpc) is 3.00. The van der Waals surface area contributed by atoms with E-state index in [0.29, 0.717) is 4.47 Å². The van der Waals surface area contributed by atoms with Crippen LogP contribution < -0.4 is 5.73 Å². The van der Waals surface area contributed by atoms with Crippen molar-refractivity contribution in [1.82, 2.24) is 0 Å². The predicted molar refractivity (Wildman–Crippen MR) is 64.8 cm³/mol. The van der Waals surface area contributed by atoms with Crippen LogP contribution in [0.15, 0.2) is 16.6 Å². The first-order valence-electron chi connectivity index (χ1n) is 5.49. The normalized spacial score (nSPS) is 26.2. The van der Waals surface area contributed by atoms with E-state index in [1.54, 1.807) is 0 Å². The molecule has 2 rings (SSSR count). The Morgan fingerprint density at radius 1 is 1.50 bits per heavy atom. The second kappa shape index (κ2) is 4.51. The lowest BCUT2D eigenvalue weighted by molar-refractivity contribution is 0.0261. The van der Waals surface area contributed by atoms with Gasteiger partial charge in [0.2, 0.25) is 0 Å². The standard InChI is InChI=1S/C12H13BrF3NO/c1-5-2-6(13)3-8(10(5)14)12(17,11(15)16)7-4-9(7)18/h2-3,7,9,11,18H,4,17H2,1H3/t7-,9+,12+/m1/s1. The molecule has 6 heteroatoms. The summed E-state index contributed by atoms with van der Waals surface area (Å²) in [4.78, 5) is 0. The fourth-order valence-electron chi connectivity index (χ4n) is 2.21. The highest BCUT2D eigenvalue weighted by atomic mass is 79.9. The highest BCUT2D eigenvalue weighted by Gasteiger charge is 2.57. The molecule has 0 amide bonds. The summed E-state index contributed by atoms with van der Waals surface area (Å²) < 4.78 is 41.0. The summed E-state index contributed by atoms with van der Waals surface area (Å²) in [6.07, 6.45) is -3.66. The fraction of sp³-hybridized carbons (Fsp3) is 0.500. The molecule has 0 aliphatic heterocycles. The average molecular weight is 324 g/mol. The molecule has 3 atom stereocenters. The Bertz CT molecular complexity index is 483. The van der Waals surface area contributed by atoms with E-state index in [9.17, 15) is 18.3 Å². The Morgan fingerprint density at radius 3 is 2.50 bits per heavy atom. The number of alkyl halides is 2. The molecule has 0 aromatic heterocycles. The highest BCUT2D eigenvalue weighted by Crippen LogP contribution is 2.48. The molecule has 1 fully saturated rings. The second-order valence-electron chi connectivity index (χ2n) is 4.73. The van der Waals surface area contributed by atoms with Gasteiger partial charge in [-0.05, 0) is 31.0 Å². The molecule has 3 N–H and O–H groups in total.